The summed E-state index contributed by atoms with van der Waals surface area (Å²) in [5.41, 5.74) is 2.49. The van der Waals surface area contributed by atoms with E-state index in [-0.39, 0.29) is 37.4 Å². The number of ether oxygens (including phenoxy) is 4. The number of amides is 3. The summed E-state index contributed by atoms with van der Waals surface area (Å²) in [5.74, 6) is 1.27. The zero-order valence-electron chi connectivity index (χ0n) is 28.3. The Bertz CT molecular complexity index is 1520. The number of rotatable bonds is 8. The Labute approximate surface area is 283 Å². The lowest BCUT2D eigenvalue weighted by Crippen LogP contribution is -2.47. The smallest absolute Gasteiger partial charge is 0.323 e. The summed E-state index contributed by atoms with van der Waals surface area (Å²) in [6, 6.07) is 19.6. The summed E-state index contributed by atoms with van der Waals surface area (Å²) < 4.78 is 23.6. The Morgan fingerprint density at radius 3 is 2.44 bits per heavy atom. The fourth-order valence-corrected chi connectivity index (χ4v) is 6.00. The molecule has 5 rings (SSSR count). The van der Waals surface area contributed by atoms with Gasteiger partial charge in [-0.1, -0.05) is 37.3 Å². The molecule has 48 heavy (non-hydrogen) atoms. The third-order valence-electron chi connectivity index (χ3n) is 8.73. The number of benzene rings is 3. The van der Waals surface area contributed by atoms with Crippen LogP contribution in [0.2, 0.25) is 0 Å². The third-order valence-corrected chi connectivity index (χ3v) is 8.73. The van der Waals surface area contributed by atoms with E-state index in [0.717, 1.165) is 25.8 Å². The van der Waals surface area contributed by atoms with Gasteiger partial charge in [0.15, 0.2) is 11.5 Å². The average molecular weight is 661 g/mol. The van der Waals surface area contributed by atoms with Crippen LogP contribution in [0.5, 0.6) is 17.2 Å². The minimum atomic E-state index is -0.481. The van der Waals surface area contributed by atoms with Gasteiger partial charge >= 0.3 is 6.03 Å². The number of nitrogens with one attached hydrogen (secondary N) is 2. The first-order chi connectivity index (χ1) is 23.2. The molecule has 3 aromatic carbocycles. The minimum Gasteiger partial charge on any atom is -0.490 e. The Kier molecular flexibility index (Phi) is 12.2. The van der Waals surface area contributed by atoms with Crippen LogP contribution >= 0.6 is 0 Å². The largest absolute Gasteiger partial charge is 0.490 e. The molecule has 0 aliphatic carbocycles. The number of likely N-dealkylation sites (N-methyl/N-ethyl adjacent to an activating group) is 1. The Balaban J connectivity index is 1.36. The molecular formula is C37H48N4O7. The number of hydrogen-bond acceptors (Lipinski definition) is 8. The maximum Gasteiger partial charge on any atom is 0.323 e. The molecule has 11 nitrogen and oxygen atoms in total. The van der Waals surface area contributed by atoms with Gasteiger partial charge in [-0.25, -0.2) is 4.79 Å². The fraction of sp³-hybridized carbons (Fsp3) is 0.459. The molecule has 3 amide bonds. The molecule has 0 spiro atoms. The summed E-state index contributed by atoms with van der Waals surface area (Å²) >= 11 is 0. The van der Waals surface area contributed by atoms with E-state index < -0.39 is 12.1 Å². The summed E-state index contributed by atoms with van der Waals surface area (Å²) in [6.07, 6.45) is 2.31. The lowest BCUT2D eigenvalue weighted by Gasteiger charge is -2.36. The second-order valence-corrected chi connectivity index (χ2v) is 12.8. The van der Waals surface area contributed by atoms with Crippen molar-refractivity contribution in [1.29, 1.82) is 0 Å². The minimum absolute atomic E-state index is 0.0406. The van der Waals surface area contributed by atoms with Crippen molar-refractivity contribution in [2.24, 2.45) is 5.92 Å². The van der Waals surface area contributed by atoms with Crippen LogP contribution in [0.1, 0.15) is 56.0 Å². The van der Waals surface area contributed by atoms with Crippen LogP contribution in [0.25, 0.3) is 0 Å². The topological polar surface area (TPSA) is 122 Å². The molecule has 258 valence electrons. The number of nitrogens with zero attached hydrogens (tertiary/aromatic N) is 2. The van der Waals surface area contributed by atoms with Gasteiger partial charge < -0.3 is 39.6 Å². The molecule has 0 aromatic heterocycles. The Hall–Kier alpha value is -4.32. The number of aliphatic hydroxyl groups is 1. The first-order valence-electron chi connectivity index (χ1n) is 16.7. The fourth-order valence-electron chi connectivity index (χ4n) is 6.00. The van der Waals surface area contributed by atoms with Gasteiger partial charge in [0.2, 0.25) is 6.79 Å². The molecule has 2 heterocycles. The van der Waals surface area contributed by atoms with Gasteiger partial charge in [0.25, 0.3) is 5.91 Å². The summed E-state index contributed by atoms with van der Waals surface area (Å²) in [6.45, 7) is 8.29. The van der Waals surface area contributed by atoms with Gasteiger partial charge in [0, 0.05) is 49.6 Å². The zero-order chi connectivity index (χ0) is 34.0. The zero-order valence-corrected chi connectivity index (χ0v) is 28.3. The van der Waals surface area contributed by atoms with Crippen LogP contribution in [0, 0.1) is 5.92 Å². The highest BCUT2D eigenvalue weighted by molar-refractivity contribution is 6.02. The number of carbonyl (C=O) groups excluding carboxylic acids is 2. The molecule has 11 heteroatoms. The van der Waals surface area contributed by atoms with Crippen LogP contribution in [0.4, 0.5) is 16.2 Å². The van der Waals surface area contributed by atoms with E-state index in [1.807, 2.05) is 32.0 Å². The number of anilines is 2. The van der Waals surface area contributed by atoms with Crippen LogP contribution in [0.15, 0.2) is 66.7 Å². The number of carbonyl (C=O) groups is 2. The summed E-state index contributed by atoms with van der Waals surface area (Å²) in [5, 5.41) is 15.9. The maximum absolute atomic E-state index is 14.4. The highest BCUT2D eigenvalue weighted by Gasteiger charge is 2.30. The van der Waals surface area contributed by atoms with Crippen molar-refractivity contribution in [3.05, 3.63) is 77.9 Å². The molecule has 0 saturated heterocycles. The Morgan fingerprint density at radius 2 is 1.69 bits per heavy atom. The van der Waals surface area contributed by atoms with Gasteiger partial charge in [-0.05, 0) is 76.1 Å². The van der Waals surface area contributed by atoms with E-state index in [9.17, 15) is 14.7 Å². The van der Waals surface area contributed by atoms with Crippen LogP contribution in [0.3, 0.4) is 0 Å². The highest BCUT2D eigenvalue weighted by atomic mass is 16.7. The molecule has 2 aliphatic rings. The molecule has 0 fully saturated rings. The first-order valence-corrected chi connectivity index (χ1v) is 16.7. The van der Waals surface area contributed by atoms with E-state index in [1.54, 1.807) is 41.3 Å². The highest BCUT2D eigenvalue weighted by Crippen LogP contribution is 2.34. The number of hydrogen-bond donors (Lipinski definition) is 3. The number of fused-ring (bicyclic) bond motifs is 2. The normalized spacial score (nSPS) is 20.8. The molecule has 3 N–H and O–H groups in total. The van der Waals surface area contributed by atoms with Crippen molar-refractivity contribution in [1.82, 2.24) is 9.80 Å². The molecule has 4 atom stereocenters. The van der Waals surface area contributed by atoms with Crippen molar-refractivity contribution >= 4 is 23.3 Å². The van der Waals surface area contributed by atoms with Crippen LogP contribution in [-0.2, 0) is 11.3 Å². The molecule has 2 aliphatic heterocycles. The maximum atomic E-state index is 14.4. The van der Waals surface area contributed by atoms with Gasteiger partial charge in [0.05, 0.1) is 30.4 Å². The molecule has 0 radical (unpaired) electrons. The van der Waals surface area contributed by atoms with E-state index in [1.165, 1.54) is 5.56 Å². The molecule has 0 bridgehead atoms. The van der Waals surface area contributed by atoms with Crippen molar-refractivity contribution < 1.29 is 33.6 Å². The standard InChI is InChI=1S/C37H48N4O7/c1-25-20-41(26(2)23-42)36(43)31-18-29(38-37(44)39-30-14-16-33-34(19-30)47-24-46-33)13-15-32(31)48-27(3)10-8-9-17-45-35(25)22-40(4)21-28-11-6-5-7-12-28/h5-7,11-16,18-19,25-27,35,42H,8-10,17,20-24H2,1-4H3,(H2,38,39,44)/t25-,26+,27+,35-/m0/s1. The molecule has 3 aromatic rings. The van der Waals surface area contributed by atoms with Gasteiger partial charge in [-0.2, -0.15) is 0 Å². The summed E-state index contributed by atoms with van der Waals surface area (Å²) in [4.78, 5) is 31.3. The second-order valence-electron chi connectivity index (χ2n) is 12.8. The SMILES string of the molecule is C[C@@H]1CCCCO[C@@H](CN(C)Cc2ccccc2)[C@@H](C)CN([C@H](C)CO)C(=O)c2cc(NC(=O)Nc3ccc4c(c3)OCO4)ccc2O1. The number of urea groups is 1. The quantitative estimate of drug-likeness (QED) is 0.270. The monoisotopic (exact) mass is 660 g/mol. The average Bonchev–Trinajstić information content (AvgIpc) is 3.54. The first kappa shape index (κ1) is 35.0. The third kappa shape index (κ3) is 9.40. The Morgan fingerprint density at radius 1 is 0.979 bits per heavy atom. The molecule has 0 saturated carbocycles. The van der Waals surface area contributed by atoms with Gasteiger partial charge in [-0.3, -0.25) is 9.69 Å². The van der Waals surface area contributed by atoms with E-state index >= 15 is 0 Å². The van der Waals surface area contributed by atoms with E-state index in [4.69, 9.17) is 18.9 Å². The van der Waals surface area contributed by atoms with E-state index in [0.29, 0.717) is 53.9 Å². The van der Waals surface area contributed by atoms with Crippen molar-refractivity contribution in [3.8, 4) is 17.2 Å². The van der Waals surface area contributed by atoms with Crippen LogP contribution < -0.4 is 24.8 Å². The molecular weight excluding hydrogens is 612 g/mol. The molecule has 0 unspecified atom stereocenters. The van der Waals surface area contributed by atoms with Crippen molar-refractivity contribution in [2.45, 2.75) is 64.8 Å². The van der Waals surface area contributed by atoms with E-state index in [2.05, 4.69) is 41.6 Å². The lowest BCUT2D eigenvalue weighted by molar-refractivity contribution is -0.0177. The predicted molar refractivity (Wildman–Crippen MR) is 185 cm³/mol. The second kappa shape index (κ2) is 16.7. The number of aliphatic hydroxyl groups excluding tert-OH is 1. The lowest BCUT2D eigenvalue weighted by atomic mass is 10.0. The van der Waals surface area contributed by atoms with Gasteiger partial charge in [0.1, 0.15) is 5.75 Å². The summed E-state index contributed by atoms with van der Waals surface area (Å²) in [7, 11) is 2.08. The van der Waals surface area contributed by atoms with Crippen molar-refractivity contribution in [2.75, 3.05) is 50.8 Å². The van der Waals surface area contributed by atoms with Crippen LogP contribution in [-0.4, -0.2) is 85.2 Å². The predicted octanol–water partition coefficient (Wildman–Crippen LogP) is 5.99. The van der Waals surface area contributed by atoms with Crippen molar-refractivity contribution in [3.63, 3.8) is 0 Å². The van der Waals surface area contributed by atoms with Gasteiger partial charge in [-0.15, -0.1) is 0 Å².